The molecule has 1 aromatic carbocycles. The standard InChI is InChI=1S/C18H29N3O/c1-15-4-6-17(7-5-15)22-18-13-21(14-18)16(2)12-20-10-8-19(3)9-11-20/h4-7,16,18H,8-14H2,1-3H3. The van der Waals surface area contributed by atoms with Gasteiger partial charge in [-0.05, 0) is 33.0 Å². The van der Waals surface area contributed by atoms with Crippen molar-refractivity contribution in [3.05, 3.63) is 29.8 Å². The van der Waals surface area contributed by atoms with E-state index < -0.39 is 0 Å². The maximum atomic E-state index is 6.03. The number of rotatable bonds is 5. The summed E-state index contributed by atoms with van der Waals surface area (Å²) in [6, 6.07) is 9.00. The predicted molar refractivity (Wildman–Crippen MR) is 90.6 cm³/mol. The highest BCUT2D eigenvalue weighted by Gasteiger charge is 2.32. The molecule has 22 heavy (non-hydrogen) atoms. The van der Waals surface area contributed by atoms with E-state index >= 15 is 0 Å². The molecule has 2 fully saturated rings. The van der Waals surface area contributed by atoms with Crippen molar-refractivity contribution in [2.24, 2.45) is 0 Å². The molecule has 1 atom stereocenters. The molecule has 0 saturated carbocycles. The van der Waals surface area contributed by atoms with E-state index in [0.29, 0.717) is 12.1 Å². The lowest BCUT2D eigenvalue weighted by atomic mass is 10.1. The van der Waals surface area contributed by atoms with Crippen LogP contribution in [0.5, 0.6) is 5.75 Å². The molecule has 2 aliphatic heterocycles. The van der Waals surface area contributed by atoms with Crippen LogP contribution in [0.4, 0.5) is 0 Å². The summed E-state index contributed by atoms with van der Waals surface area (Å²) < 4.78 is 6.03. The summed E-state index contributed by atoms with van der Waals surface area (Å²) in [6.45, 7) is 12.6. The second-order valence-corrected chi connectivity index (χ2v) is 6.96. The number of hydrogen-bond acceptors (Lipinski definition) is 4. The Balaban J connectivity index is 1.38. The topological polar surface area (TPSA) is 19.0 Å². The van der Waals surface area contributed by atoms with Crippen LogP contribution < -0.4 is 4.74 Å². The lowest BCUT2D eigenvalue weighted by molar-refractivity contribution is -0.0164. The van der Waals surface area contributed by atoms with Crippen LogP contribution in [-0.2, 0) is 0 Å². The second-order valence-electron chi connectivity index (χ2n) is 6.96. The molecular weight excluding hydrogens is 274 g/mol. The minimum atomic E-state index is 0.359. The molecule has 0 bridgehead atoms. The van der Waals surface area contributed by atoms with Crippen LogP contribution in [0.15, 0.2) is 24.3 Å². The molecule has 2 saturated heterocycles. The Morgan fingerprint density at radius 2 is 1.73 bits per heavy atom. The van der Waals surface area contributed by atoms with E-state index in [2.05, 4.69) is 59.9 Å². The summed E-state index contributed by atoms with van der Waals surface area (Å²) in [6.07, 6.45) is 0.359. The summed E-state index contributed by atoms with van der Waals surface area (Å²) in [5, 5.41) is 0. The van der Waals surface area contributed by atoms with Gasteiger partial charge in [-0.15, -0.1) is 0 Å². The molecule has 0 aliphatic carbocycles. The summed E-state index contributed by atoms with van der Waals surface area (Å²) in [5.41, 5.74) is 1.28. The first-order chi connectivity index (χ1) is 10.6. The zero-order chi connectivity index (χ0) is 15.5. The van der Waals surface area contributed by atoms with Gasteiger partial charge < -0.3 is 9.64 Å². The van der Waals surface area contributed by atoms with Gasteiger partial charge in [0.2, 0.25) is 0 Å². The number of ether oxygens (including phenoxy) is 1. The number of likely N-dealkylation sites (tertiary alicyclic amines) is 1. The van der Waals surface area contributed by atoms with Gasteiger partial charge >= 0.3 is 0 Å². The van der Waals surface area contributed by atoms with Gasteiger partial charge in [-0.25, -0.2) is 0 Å². The fraction of sp³-hybridized carbons (Fsp3) is 0.667. The Hall–Kier alpha value is -1.10. The first kappa shape index (κ1) is 15.8. The predicted octanol–water partition coefficient (Wildman–Crippen LogP) is 1.69. The molecule has 3 rings (SSSR count). The minimum absolute atomic E-state index is 0.359. The monoisotopic (exact) mass is 303 g/mol. The molecule has 2 aliphatic rings. The molecular formula is C18H29N3O. The number of benzene rings is 1. The van der Waals surface area contributed by atoms with Crippen molar-refractivity contribution in [2.45, 2.75) is 26.0 Å². The Labute approximate surface area is 134 Å². The zero-order valence-electron chi connectivity index (χ0n) is 14.2. The van der Waals surface area contributed by atoms with Crippen molar-refractivity contribution in [2.75, 3.05) is 52.9 Å². The lowest BCUT2D eigenvalue weighted by Crippen LogP contribution is -2.60. The average Bonchev–Trinajstić information content (AvgIpc) is 2.46. The molecule has 0 aromatic heterocycles. The number of nitrogens with zero attached hydrogens (tertiary/aromatic N) is 3. The highest BCUT2D eigenvalue weighted by atomic mass is 16.5. The van der Waals surface area contributed by atoms with E-state index in [-0.39, 0.29) is 0 Å². The number of piperazine rings is 1. The maximum Gasteiger partial charge on any atom is 0.124 e. The van der Waals surface area contributed by atoms with E-state index in [1.54, 1.807) is 0 Å². The first-order valence-corrected chi connectivity index (χ1v) is 8.48. The van der Waals surface area contributed by atoms with Gasteiger partial charge in [0.1, 0.15) is 11.9 Å². The third kappa shape index (κ3) is 4.00. The highest BCUT2D eigenvalue weighted by Crippen LogP contribution is 2.20. The van der Waals surface area contributed by atoms with Crippen LogP contribution >= 0.6 is 0 Å². The van der Waals surface area contributed by atoms with Gasteiger partial charge in [-0.2, -0.15) is 0 Å². The largest absolute Gasteiger partial charge is 0.488 e. The molecule has 2 heterocycles. The summed E-state index contributed by atoms with van der Waals surface area (Å²) in [5.74, 6) is 1.00. The third-order valence-electron chi connectivity index (χ3n) is 4.94. The minimum Gasteiger partial charge on any atom is -0.488 e. The van der Waals surface area contributed by atoms with Gasteiger partial charge in [0.05, 0.1) is 0 Å². The average molecular weight is 303 g/mol. The van der Waals surface area contributed by atoms with Crippen LogP contribution in [-0.4, -0.2) is 79.7 Å². The van der Waals surface area contributed by atoms with Crippen molar-refractivity contribution >= 4 is 0 Å². The highest BCUT2D eigenvalue weighted by molar-refractivity contribution is 5.26. The van der Waals surface area contributed by atoms with Gasteiger partial charge in [0.25, 0.3) is 0 Å². The molecule has 122 valence electrons. The second kappa shape index (κ2) is 6.99. The number of hydrogen-bond donors (Lipinski definition) is 0. The maximum absolute atomic E-state index is 6.03. The number of aryl methyl sites for hydroxylation is 1. The summed E-state index contributed by atoms with van der Waals surface area (Å²) in [7, 11) is 2.21. The first-order valence-electron chi connectivity index (χ1n) is 8.48. The number of likely N-dealkylation sites (N-methyl/N-ethyl adjacent to an activating group) is 1. The van der Waals surface area contributed by atoms with Crippen LogP contribution in [0.1, 0.15) is 12.5 Å². The lowest BCUT2D eigenvalue weighted by Gasteiger charge is -2.45. The van der Waals surface area contributed by atoms with Crippen molar-refractivity contribution < 1.29 is 4.74 Å². The molecule has 4 nitrogen and oxygen atoms in total. The molecule has 1 unspecified atom stereocenters. The van der Waals surface area contributed by atoms with Crippen molar-refractivity contribution in [3.8, 4) is 5.75 Å². The molecule has 0 amide bonds. The molecule has 0 radical (unpaired) electrons. The Bertz CT molecular complexity index is 462. The fourth-order valence-electron chi connectivity index (χ4n) is 3.23. The summed E-state index contributed by atoms with van der Waals surface area (Å²) >= 11 is 0. The van der Waals surface area contributed by atoms with Crippen LogP contribution in [0.2, 0.25) is 0 Å². The van der Waals surface area contributed by atoms with Gasteiger partial charge in [-0.1, -0.05) is 17.7 Å². The van der Waals surface area contributed by atoms with E-state index in [0.717, 1.165) is 18.8 Å². The van der Waals surface area contributed by atoms with E-state index in [1.807, 2.05) is 0 Å². The molecule has 0 spiro atoms. The summed E-state index contributed by atoms with van der Waals surface area (Å²) in [4.78, 5) is 7.55. The quantitative estimate of drug-likeness (QED) is 0.824. The van der Waals surface area contributed by atoms with Gasteiger partial charge in [0, 0.05) is 51.9 Å². The smallest absolute Gasteiger partial charge is 0.124 e. The van der Waals surface area contributed by atoms with Crippen LogP contribution in [0.25, 0.3) is 0 Å². The van der Waals surface area contributed by atoms with Gasteiger partial charge in [-0.3, -0.25) is 9.80 Å². The molecule has 1 aromatic rings. The van der Waals surface area contributed by atoms with Gasteiger partial charge in [0.15, 0.2) is 0 Å². The zero-order valence-corrected chi connectivity index (χ0v) is 14.2. The SMILES string of the molecule is Cc1ccc(OC2CN(C(C)CN3CCN(C)CC3)C2)cc1. The van der Waals surface area contributed by atoms with Crippen molar-refractivity contribution in [1.82, 2.24) is 14.7 Å². The van der Waals surface area contributed by atoms with Crippen LogP contribution in [0.3, 0.4) is 0 Å². The Kier molecular flexibility index (Phi) is 5.01. The van der Waals surface area contributed by atoms with E-state index in [4.69, 9.17) is 4.74 Å². The fourth-order valence-corrected chi connectivity index (χ4v) is 3.23. The Morgan fingerprint density at radius 1 is 1.09 bits per heavy atom. The molecule has 0 N–H and O–H groups in total. The van der Waals surface area contributed by atoms with Crippen molar-refractivity contribution in [1.29, 1.82) is 0 Å². The molecule has 4 heteroatoms. The van der Waals surface area contributed by atoms with E-state index in [1.165, 1.54) is 38.3 Å². The Morgan fingerprint density at radius 3 is 2.36 bits per heavy atom. The van der Waals surface area contributed by atoms with Crippen LogP contribution in [0, 0.1) is 6.92 Å². The normalized spacial score (nSPS) is 23.2. The van der Waals surface area contributed by atoms with E-state index in [9.17, 15) is 0 Å². The van der Waals surface area contributed by atoms with Crippen molar-refractivity contribution in [3.63, 3.8) is 0 Å². The third-order valence-corrected chi connectivity index (χ3v) is 4.94.